The number of carbonyl (C=O) groups excluding carboxylic acids is 1. The average molecular weight is 262 g/mol. The summed E-state index contributed by atoms with van der Waals surface area (Å²) in [7, 11) is 1.98. The predicted octanol–water partition coefficient (Wildman–Crippen LogP) is 3.38. The Morgan fingerprint density at radius 3 is 2.74 bits per heavy atom. The van der Waals surface area contributed by atoms with Crippen LogP contribution >= 0.6 is 0 Å². The van der Waals surface area contributed by atoms with Gasteiger partial charge in [0.1, 0.15) is 5.78 Å². The summed E-state index contributed by atoms with van der Waals surface area (Å²) >= 11 is 0. The van der Waals surface area contributed by atoms with Crippen molar-refractivity contribution < 1.29 is 4.79 Å². The molecule has 1 heterocycles. The first-order valence-electron chi connectivity index (χ1n) is 7.40. The highest BCUT2D eigenvalue weighted by atomic mass is 16.1. The van der Waals surface area contributed by atoms with Crippen LogP contribution in [0.1, 0.15) is 52.1 Å². The molecule has 3 nitrogen and oxygen atoms in total. The fourth-order valence-electron chi connectivity index (χ4n) is 3.30. The molecule has 2 atom stereocenters. The van der Waals surface area contributed by atoms with Gasteiger partial charge in [0.2, 0.25) is 0 Å². The van der Waals surface area contributed by atoms with E-state index in [1.54, 1.807) is 0 Å². The quantitative estimate of drug-likeness (QED) is 0.833. The standard InChI is InChI=1S/C16H26N2O/c1-12-5-6-14(15(19)11-12)16(2,3)9-7-13-8-10-17-18(13)4/h8,10,12,14H,5-7,9,11H2,1-4H3. The van der Waals surface area contributed by atoms with Crippen LogP contribution in [0.25, 0.3) is 0 Å². The Hall–Kier alpha value is -1.12. The van der Waals surface area contributed by atoms with Crippen LogP contribution in [0, 0.1) is 17.3 Å². The van der Waals surface area contributed by atoms with Gasteiger partial charge in [-0.1, -0.05) is 20.8 Å². The number of aryl methyl sites for hydroxylation is 2. The molecule has 1 aromatic heterocycles. The zero-order valence-corrected chi connectivity index (χ0v) is 12.6. The molecule has 0 spiro atoms. The van der Waals surface area contributed by atoms with E-state index in [4.69, 9.17) is 0 Å². The largest absolute Gasteiger partial charge is 0.299 e. The third-order valence-corrected chi connectivity index (χ3v) is 4.78. The molecule has 19 heavy (non-hydrogen) atoms. The first kappa shape index (κ1) is 14.3. The van der Waals surface area contributed by atoms with Gasteiger partial charge in [-0.2, -0.15) is 5.10 Å². The molecule has 1 saturated carbocycles. The lowest BCUT2D eigenvalue weighted by atomic mass is 9.66. The fourth-order valence-corrected chi connectivity index (χ4v) is 3.30. The second-order valence-corrected chi connectivity index (χ2v) is 6.84. The minimum Gasteiger partial charge on any atom is -0.299 e. The van der Waals surface area contributed by atoms with Gasteiger partial charge in [0, 0.05) is 31.3 Å². The molecule has 0 N–H and O–H groups in total. The summed E-state index contributed by atoms with van der Waals surface area (Å²) in [5.41, 5.74) is 1.35. The number of ketones is 1. The van der Waals surface area contributed by atoms with E-state index in [1.165, 1.54) is 12.1 Å². The summed E-state index contributed by atoms with van der Waals surface area (Å²) in [6, 6.07) is 2.07. The van der Waals surface area contributed by atoms with Crippen molar-refractivity contribution in [1.82, 2.24) is 9.78 Å². The average Bonchev–Trinajstić information content (AvgIpc) is 2.72. The third-order valence-electron chi connectivity index (χ3n) is 4.78. The van der Waals surface area contributed by atoms with E-state index in [2.05, 4.69) is 31.9 Å². The van der Waals surface area contributed by atoms with Crippen molar-refractivity contribution in [2.45, 2.75) is 52.9 Å². The van der Waals surface area contributed by atoms with Crippen molar-refractivity contribution in [2.75, 3.05) is 0 Å². The predicted molar refractivity (Wildman–Crippen MR) is 76.8 cm³/mol. The van der Waals surface area contributed by atoms with E-state index >= 15 is 0 Å². The molecule has 0 aromatic carbocycles. The number of hydrogen-bond donors (Lipinski definition) is 0. The van der Waals surface area contributed by atoms with E-state index in [9.17, 15) is 4.79 Å². The van der Waals surface area contributed by atoms with Crippen LogP contribution in [0.2, 0.25) is 0 Å². The first-order valence-corrected chi connectivity index (χ1v) is 7.40. The van der Waals surface area contributed by atoms with Gasteiger partial charge in [-0.3, -0.25) is 9.48 Å². The topological polar surface area (TPSA) is 34.9 Å². The van der Waals surface area contributed by atoms with Gasteiger partial charge < -0.3 is 0 Å². The minimum atomic E-state index is 0.0987. The summed E-state index contributed by atoms with van der Waals surface area (Å²) in [5, 5.41) is 4.20. The van der Waals surface area contributed by atoms with Gasteiger partial charge in [0.25, 0.3) is 0 Å². The Kier molecular flexibility index (Phi) is 4.12. The molecule has 1 aromatic rings. The van der Waals surface area contributed by atoms with E-state index in [0.717, 1.165) is 25.7 Å². The van der Waals surface area contributed by atoms with Crippen molar-refractivity contribution >= 4 is 5.78 Å². The van der Waals surface area contributed by atoms with Crippen LogP contribution < -0.4 is 0 Å². The maximum Gasteiger partial charge on any atom is 0.136 e. The maximum atomic E-state index is 12.3. The van der Waals surface area contributed by atoms with Gasteiger partial charge >= 0.3 is 0 Å². The monoisotopic (exact) mass is 262 g/mol. The van der Waals surface area contributed by atoms with E-state index in [1.807, 2.05) is 17.9 Å². The minimum absolute atomic E-state index is 0.0987. The summed E-state index contributed by atoms with van der Waals surface area (Å²) in [5.74, 6) is 1.31. The van der Waals surface area contributed by atoms with Gasteiger partial charge in [-0.05, 0) is 43.1 Å². The molecule has 2 rings (SSSR count). The molecule has 3 heteroatoms. The lowest BCUT2D eigenvalue weighted by molar-refractivity contribution is -0.130. The molecule has 0 radical (unpaired) electrons. The highest BCUT2D eigenvalue weighted by molar-refractivity contribution is 5.82. The van der Waals surface area contributed by atoms with Gasteiger partial charge in [-0.15, -0.1) is 0 Å². The third kappa shape index (κ3) is 3.26. The molecular formula is C16H26N2O. The van der Waals surface area contributed by atoms with E-state index in [-0.39, 0.29) is 11.3 Å². The zero-order chi connectivity index (χ0) is 14.0. The SMILES string of the molecule is CC1CCC(C(C)(C)CCc2ccnn2C)C(=O)C1. The number of nitrogens with zero attached hydrogens (tertiary/aromatic N) is 2. The molecule has 1 aliphatic carbocycles. The van der Waals surface area contributed by atoms with Crippen LogP contribution in [0.3, 0.4) is 0 Å². The summed E-state index contributed by atoms with van der Waals surface area (Å²) in [6.07, 6.45) is 6.94. The zero-order valence-electron chi connectivity index (χ0n) is 12.6. The molecule has 0 saturated heterocycles. The van der Waals surface area contributed by atoms with Gasteiger partial charge in [0.15, 0.2) is 0 Å². The molecule has 1 aliphatic rings. The first-order chi connectivity index (χ1) is 8.90. The molecule has 0 bridgehead atoms. The lowest BCUT2D eigenvalue weighted by Gasteiger charge is -2.37. The Labute approximate surface area is 116 Å². The number of aromatic nitrogens is 2. The summed E-state index contributed by atoms with van der Waals surface area (Å²) < 4.78 is 1.93. The van der Waals surface area contributed by atoms with E-state index in [0.29, 0.717) is 11.7 Å². The van der Waals surface area contributed by atoms with Gasteiger partial charge in [-0.25, -0.2) is 0 Å². The fraction of sp³-hybridized carbons (Fsp3) is 0.750. The van der Waals surface area contributed by atoms with Crippen molar-refractivity contribution in [1.29, 1.82) is 0 Å². The molecule has 1 fully saturated rings. The number of Topliss-reactive ketones (excluding diaryl/α,β-unsaturated/α-hetero) is 1. The van der Waals surface area contributed by atoms with E-state index < -0.39 is 0 Å². The molecular weight excluding hydrogens is 236 g/mol. The molecule has 0 aliphatic heterocycles. The van der Waals surface area contributed by atoms with Crippen LogP contribution in [0.5, 0.6) is 0 Å². The summed E-state index contributed by atoms with van der Waals surface area (Å²) in [6.45, 7) is 6.70. The van der Waals surface area contributed by atoms with Crippen molar-refractivity contribution in [2.24, 2.45) is 24.3 Å². The molecule has 2 unspecified atom stereocenters. The van der Waals surface area contributed by atoms with Crippen LogP contribution in [-0.4, -0.2) is 15.6 Å². The molecule has 106 valence electrons. The van der Waals surface area contributed by atoms with Crippen molar-refractivity contribution in [3.8, 4) is 0 Å². The van der Waals surface area contributed by atoms with Gasteiger partial charge in [0.05, 0.1) is 0 Å². The van der Waals surface area contributed by atoms with Crippen molar-refractivity contribution in [3.63, 3.8) is 0 Å². The molecule has 0 amide bonds. The van der Waals surface area contributed by atoms with Crippen LogP contribution in [0.4, 0.5) is 0 Å². The maximum absolute atomic E-state index is 12.3. The lowest BCUT2D eigenvalue weighted by Crippen LogP contribution is -2.35. The number of rotatable bonds is 4. The van der Waals surface area contributed by atoms with Crippen molar-refractivity contribution in [3.05, 3.63) is 18.0 Å². The Bertz CT molecular complexity index is 447. The normalized spacial score (nSPS) is 24.7. The number of hydrogen-bond acceptors (Lipinski definition) is 2. The van der Waals surface area contributed by atoms with Crippen LogP contribution in [0.15, 0.2) is 12.3 Å². The number of carbonyl (C=O) groups is 1. The second-order valence-electron chi connectivity index (χ2n) is 6.84. The second kappa shape index (κ2) is 5.48. The van der Waals surface area contributed by atoms with Crippen LogP contribution in [-0.2, 0) is 18.3 Å². The highest BCUT2D eigenvalue weighted by Gasteiger charge is 2.37. The Morgan fingerprint density at radius 1 is 1.42 bits per heavy atom. The smallest absolute Gasteiger partial charge is 0.136 e. The Balaban J connectivity index is 1.98. The highest BCUT2D eigenvalue weighted by Crippen LogP contribution is 2.40. The Morgan fingerprint density at radius 2 is 2.16 bits per heavy atom. The summed E-state index contributed by atoms with van der Waals surface area (Å²) in [4.78, 5) is 12.3.